The van der Waals surface area contributed by atoms with E-state index in [0.29, 0.717) is 50.5 Å². The predicted octanol–water partition coefficient (Wildman–Crippen LogP) is 4.91. The van der Waals surface area contributed by atoms with Gasteiger partial charge in [0.25, 0.3) is 17.5 Å². The summed E-state index contributed by atoms with van der Waals surface area (Å²) >= 11 is 0. The normalized spacial score (nSPS) is 40.4. The number of ether oxygens (including phenoxy) is 5. The van der Waals surface area contributed by atoms with Gasteiger partial charge in [0, 0.05) is 52.6 Å². The number of methoxy groups -OCH3 is 3. The van der Waals surface area contributed by atoms with Gasteiger partial charge in [0.2, 0.25) is 0 Å². The Balaban J connectivity index is 1.70. The van der Waals surface area contributed by atoms with E-state index in [9.17, 15) is 44.4 Å². The number of fused-ring (bicyclic) bond motifs is 3. The third-order valence-corrected chi connectivity index (χ3v) is 14.1. The zero-order chi connectivity index (χ0) is 48.2. The SMILES string of the molecule is CO[C@H]1C[C@@H]2CCC(O)[C@@](O)(O2)C(=O)C(=O)N2CCCC[C@H]2C(=O)O[C@H]([C@H](C)C[C@@H]2CC[C@@H](O)[C@H](OC)C2)CC(=O)[C@H](C)/C=C(\C)[C@@H](O)[C@@H](OC)C(=O)[C@H](C)C[C@H](C)/C=C/C=C/C=C/1C. The molecule has 1 aliphatic carbocycles. The van der Waals surface area contributed by atoms with Crippen LogP contribution in [0.25, 0.3) is 0 Å². The monoisotopic (exact) mass is 916 g/mol. The van der Waals surface area contributed by atoms with Crippen molar-refractivity contribution in [2.45, 2.75) is 179 Å². The van der Waals surface area contributed by atoms with Crippen LogP contribution in [0.3, 0.4) is 0 Å². The fraction of sp³-hybridized carbons (Fsp3) is 0.740. The molecule has 2 saturated heterocycles. The second kappa shape index (κ2) is 25.1. The number of hydrogen-bond acceptors (Lipinski definition) is 14. The molecule has 0 radical (unpaired) electrons. The number of carbonyl (C=O) groups is 5. The first-order valence-corrected chi connectivity index (χ1v) is 23.6. The van der Waals surface area contributed by atoms with Crippen molar-refractivity contribution in [1.82, 2.24) is 4.90 Å². The van der Waals surface area contributed by atoms with E-state index in [0.717, 1.165) is 10.5 Å². The number of amides is 1. The lowest BCUT2D eigenvalue weighted by atomic mass is 9.78. The van der Waals surface area contributed by atoms with Gasteiger partial charge < -0.3 is 49.0 Å². The smallest absolute Gasteiger partial charge is 0.329 e. The molecule has 0 aromatic carbocycles. The molecular weight excluding hydrogens is 839 g/mol. The lowest BCUT2D eigenvalue weighted by Crippen LogP contribution is -2.63. The van der Waals surface area contributed by atoms with Crippen molar-refractivity contribution in [3.63, 3.8) is 0 Å². The summed E-state index contributed by atoms with van der Waals surface area (Å²) in [5.74, 6) is -8.33. The van der Waals surface area contributed by atoms with E-state index in [4.69, 9.17) is 23.7 Å². The predicted molar refractivity (Wildman–Crippen MR) is 242 cm³/mol. The van der Waals surface area contributed by atoms with Gasteiger partial charge in [-0.3, -0.25) is 19.2 Å². The maximum Gasteiger partial charge on any atom is 0.329 e. The summed E-state index contributed by atoms with van der Waals surface area (Å²) in [6.45, 7) is 10.8. The number of rotatable bonds is 6. The van der Waals surface area contributed by atoms with Gasteiger partial charge in [-0.25, -0.2) is 4.79 Å². The van der Waals surface area contributed by atoms with Gasteiger partial charge in [0.05, 0.1) is 24.4 Å². The Morgan fingerprint density at radius 2 is 1.57 bits per heavy atom. The van der Waals surface area contributed by atoms with E-state index < -0.39 is 84.1 Å². The minimum absolute atomic E-state index is 0.00110. The van der Waals surface area contributed by atoms with Gasteiger partial charge in [-0.05, 0) is 107 Å². The Morgan fingerprint density at radius 3 is 2.25 bits per heavy atom. The van der Waals surface area contributed by atoms with E-state index in [1.54, 1.807) is 34.0 Å². The molecule has 65 heavy (non-hydrogen) atoms. The van der Waals surface area contributed by atoms with Gasteiger partial charge in [0.1, 0.15) is 36.2 Å². The molecule has 3 aliphatic heterocycles. The van der Waals surface area contributed by atoms with E-state index >= 15 is 0 Å². The number of nitrogens with zero attached hydrogens (tertiary/aromatic N) is 1. The molecule has 15 heteroatoms. The molecule has 2 bridgehead atoms. The molecule has 1 unspecified atom stereocenters. The van der Waals surface area contributed by atoms with Crippen LogP contribution in [0, 0.1) is 29.6 Å². The molecular formula is C50H77NO14. The highest BCUT2D eigenvalue weighted by molar-refractivity contribution is 6.39. The Kier molecular flexibility index (Phi) is 20.9. The Hall–Kier alpha value is -3.41. The number of allylic oxidation sites excluding steroid dienone is 6. The van der Waals surface area contributed by atoms with E-state index in [1.807, 2.05) is 51.2 Å². The summed E-state index contributed by atoms with van der Waals surface area (Å²) in [5.41, 5.74) is 1.19. The Bertz CT molecular complexity index is 1760. The minimum Gasteiger partial charge on any atom is -0.460 e. The van der Waals surface area contributed by atoms with Crippen molar-refractivity contribution in [2.75, 3.05) is 27.9 Å². The standard InChI is InChI=1S/C50H77NO14/c1-29-15-11-10-12-16-30(2)40(61-7)27-36-19-21-43(54)50(60,65-36)47(57)48(58)51-22-14-13-17-37(51)49(59)64-41(32(4)25-35-18-20-38(52)42(26-35)62-8)28-39(53)31(3)24-34(6)45(56)46(63-9)44(55)33(5)23-29/h10-12,15-16,24,29,31-33,35-38,40-43,45-46,52,54,56,60H,13-14,17-23,25-28H2,1-9H3/b12-10+,15-11+,30-16+,34-24+/t29-,31-,32-,33-,35+,36+,37+,38-,40+,41+,42-,43?,45-,46+,50-/m1/s1. The molecule has 0 aromatic rings. The van der Waals surface area contributed by atoms with Gasteiger partial charge in [-0.2, -0.15) is 0 Å². The van der Waals surface area contributed by atoms with E-state index in [-0.39, 0.29) is 74.1 Å². The fourth-order valence-corrected chi connectivity index (χ4v) is 9.91. The highest BCUT2D eigenvalue weighted by Crippen LogP contribution is 2.36. The third-order valence-electron chi connectivity index (χ3n) is 14.1. The van der Waals surface area contributed by atoms with Crippen molar-refractivity contribution in [1.29, 1.82) is 0 Å². The van der Waals surface area contributed by atoms with Crippen LogP contribution < -0.4 is 0 Å². The zero-order valence-electron chi connectivity index (χ0n) is 40.1. The first kappa shape index (κ1) is 54.2. The van der Waals surface area contributed by atoms with Gasteiger partial charge >= 0.3 is 5.97 Å². The van der Waals surface area contributed by atoms with Crippen LogP contribution in [-0.4, -0.2) is 143 Å². The van der Waals surface area contributed by atoms with E-state index in [1.165, 1.54) is 14.2 Å². The lowest BCUT2D eigenvalue weighted by molar-refractivity contribution is -0.282. The largest absolute Gasteiger partial charge is 0.460 e. The maximum absolute atomic E-state index is 14.3. The van der Waals surface area contributed by atoms with Crippen LogP contribution in [0.4, 0.5) is 0 Å². The van der Waals surface area contributed by atoms with Crippen molar-refractivity contribution in [2.24, 2.45) is 29.6 Å². The molecule has 366 valence electrons. The number of aliphatic hydroxyl groups is 4. The molecule has 0 aromatic heterocycles. The summed E-state index contributed by atoms with van der Waals surface area (Å²) in [6, 6.07) is -1.22. The van der Waals surface area contributed by atoms with Crippen LogP contribution >= 0.6 is 0 Å². The Labute approximate surface area is 385 Å². The minimum atomic E-state index is -2.87. The molecule has 4 aliphatic rings. The van der Waals surface area contributed by atoms with Crippen molar-refractivity contribution < 1.29 is 68.1 Å². The van der Waals surface area contributed by atoms with E-state index in [2.05, 4.69) is 0 Å². The zero-order valence-corrected chi connectivity index (χ0v) is 40.1. The second-order valence-electron chi connectivity index (χ2n) is 19.2. The summed E-state index contributed by atoms with van der Waals surface area (Å²) < 4.78 is 29.0. The number of aliphatic hydroxyl groups excluding tert-OH is 3. The van der Waals surface area contributed by atoms with Gasteiger partial charge in [-0.1, -0.05) is 64.2 Å². The first-order chi connectivity index (χ1) is 30.7. The number of esters is 1. The van der Waals surface area contributed by atoms with Crippen LogP contribution in [0.1, 0.15) is 119 Å². The quantitative estimate of drug-likeness (QED) is 0.158. The van der Waals surface area contributed by atoms with Gasteiger partial charge in [-0.15, -0.1) is 0 Å². The summed E-state index contributed by atoms with van der Waals surface area (Å²) in [4.78, 5) is 71.3. The van der Waals surface area contributed by atoms with Crippen molar-refractivity contribution in [3.05, 3.63) is 47.6 Å². The average Bonchev–Trinajstić information content (AvgIpc) is 3.28. The van der Waals surface area contributed by atoms with Gasteiger partial charge in [0.15, 0.2) is 5.78 Å². The number of piperidine rings is 1. The van der Waals surface area contributed by atoms with Crippen molar-refractivity contribution >= 4 is 29.2 Å². The highest BCUT2D eigenvalue weighted by Gasteiger charge is 2.54. The highest BCUT2D eigenvalue weighted by atomic mass is 16.7. The van der Waals surface area contributed by atoms with Crippen LogP contribution in [0.2, 0.25) is 0 Å². The number of carbonyl (C=O) groups excluding carboxylic acids is 5. The average molecular weight is 916 g/mol. The number of ketones is 3. The first-order valence-electron chi connectivity index (χ1n) is 23.6. The maximum atomic E-state index is 14.3. The van der Waals surface area contributed by atoms with Crippen LogP contribution in [-0.2, 0) is 47.7 Å². The molecule has 1 amide bonds. The Morgan fingerprint density at radius 1 is 0.846 bits per heavy atom. The molecule has 1 saturated carbocycles. The van der Waals surface area contributed by atoms with Crippen LogP contribution in [0.5, 0.6) is 0 Å². The molecule has 15 atom stereocenters. The number of cyclic esters (lactones) is 1. The lowest BCUT2D eigenvalue weighted by Gasteiger charge is -2.42. The summed E-state index contributed by atoms with van der Waals surface area (Å²) in [7, 11) is 4.45. The number of hydrogen-bond donors (Lipinski definition) is 4. The molecule has 0 spiro atoms. The molecule has 4 rings (SSSR count). The fourth-order valence-electron chi connectivity index (χ4n) is 9.91. The third kappa shape index (κ3) is 14.3. The second-order valence-corrected chi connectivity index (χ2v) is 19.2. The summed E-state index contributed by atoms with van der Waals surface area (Å²) in [5, 5.41) is 44.6. The molecule has 3 fully saturated rings. The topological polar surface area (TPSA) is 216 Å². The number of Topliss-reactive ketones (excluding diaryl/α,β-unsaturated/α-hetero) is 3. The van der Waals surface area contributed by atoms with Crippen LogP contribution in [0.15, 0.2) is 47.6 Å². The molecule has 15 nitrogen and oxygen atoms in total. The molecule has 3 heterocycles. The summed E-state index contributed by atoms with van der Waals surface area (Å²) in [6.07, 6.45) is 7.82. The van der Waals surface area contributed by atoms with Crippen molar-refractivity contribution in [3.8, 4) is 0 Å². The molecule has 4 N–H and O–H groups in total.